The molecule has 102 valence electrons. The fourth-order valence-electron chi connectivity index (χ4n) is 2.34. The molecular formula is C18H25N. The Bertz CT molecular complexity index is 463. The van der Waals surface area contributed by atoms with Gasteiger partial charge in [-0.3, -0.25) is 0 Å². The molecule has 0 fully saturated rings. The van der Waals surface area contributed by atoms with Crippen LogP contribution in [0.5, 0.6) is 0 Å². The van der Waals surface area contributed by atoms with Gasteiger partial charge in [0.2, 0.25) is 0 Å². The van der Waals surface area contributed by atoms with Crippen LogP contribution in [0.25, 0.3) is 5.57 Å². The first-order chi connectivity index (χ1) is 9.24. The molecule has 0 N–H and O–H groups in total. The van der Waals surface area contributed by atoms with Crippen molar-refractivity contribution in [3.8, 4) is 6.07 Å². The van der Waals surface area contributed by atoms with E-state index in [2.05, 4.69) is 51.1 Å². The standard InChI is InChI=1S/C18H25N/c1-4-6-11-16(14-19)18(12-7-5-2)17-13-9-8-10-15(17)3/h8-10,13H,4-7,11-12H2,1-3H3/b18-16-. The average molecular weight is 255 g/mol. The summed E-state index contributed by atoms with van der Waals surface area (Å²) in [7, 11) is 0. The second-order valence-corrected chi connectivity index (χ2v) is 5.09. The molecule has 1 heteroatoms. The van der Waals surface area contributed by atoms with Gasteiger partial charge in [0.15, 0.2) is 0 Å². The van der Waals surface area contributed by atoms with Gasteiger partial charge in [-0.25, -0.2) is 0 Å². The highest BCUT2D eigenvalue weighted by molar-refractivity contribution is 5.73. The zero-order valence-electron chi connectivity index (χ0n) is 12.5. The minimum atomic E-state index is 0.917. The van der Waals surface area contributed by atoms with E-state index >= 15 is 0 Å². The number of nitriles is 1. The number of benzene rings is 1. The van der Waals surface area contributed by atoms with Gasteiger partial charge < -0.3 is 0 Å². The summed E-state index contributed by atoms with van der Waals surface area (Å²) < 4.78 is 0. The molecule has 19 heavy (non-hydrogen) atoms. The summed E-state index contributed by atoms with van der Waals surface area (Å²) in [6.07, 6.45) is 6.50. The van der Waals surface area contributed by atoms with E-state index in [1.54, 1.807) is 0 Å². The number of unbranched alkanes of at least 4 members (excludes halogenated alkanes) is 2. The third kappa shape index (κ3) is 4.56. The Hall–Kier alpha value is -1.55. The topological polar surface area (TPSA) is 23.8 Å². The van der Waals surface area contributed by atoms with Gasteiger partial charge in [-0.05, 0) is 49.3 Å². The van der Waals surface area contributed by atoms with Crippen molar-refractivity contribution < 1.29 is 0 Å². The largest absolute Gasteiger partial charge is 0.193 e. The van der Waals surface area contributed by atoms with Crippen LogP contribution < -0.4 is 0 Å². The van der Waals surface area contributed by atoms with Gasteiger partial charge in [0.1, 0.15) is 0 Å². The van der Waals surface area contributed by atoms with E-state index in [9.17, 15) is 5.26 Å². The van der Waals surface area contributed by atoms with Crippen LogP contribution >= 0.6 is 0 Å². The number of allylic oxidation sites excluding steroid dienone is 2. The quantitative estimate of drug-likeness (QED) is 0.577. The van der Waals surface area contributed by atoms with Crippen LogP contribution in [0.2, 0.25) is 0 Å². The van der Waals surface area contributed by atoms with Crippen molar-refractivity contribution in [2.24, 2.45) is 0 Å². The first-order valence-electron chi connectivity index (χ1n) is 7.42. The molecule has 0 aliphatic carbocycles. The zero-order chi connectivity index (χ0) is 14.1. The Morgan fingerprint density at radius 2 is 1.68 bits per heavy atom. The molecular weight excluding hydrogens is 230 g/mol. The number of nitrogens with zero attached hydrogens (tertiary/aromatic N) is 1. The highest BCUT2D eigenvalue weighted by Gasteiger charge is 2.10. The molecule has 1 aromatic carbocycles. The smallest absolute Gasteiger partial charge is 0.0950 e. The number of hydrogen-bond acceptors (Lipinski definition) is 1. The Morgan fingerprint density at radius 3 is 2.26 bits per heavy atom. The molecule has 0 atom stereocenters. The Kier molecular flexibility index (Phi) is 6.97. The summed E-state index contributed by atoms with van der Waals surface area (Å²) in [6, 6.07) is 10.9. The van der Waals surface area contributed by atoms with Gasteiger partial charge in [0, 0.05) is 5.57 Å². The third-order valence-corrected chi connectivity index (χ3v) is 3.53. The van der Waals surface area contributed by atoms with Crippen LogP contribution in [0.3, 0.4) is 0 Å². The lowest BCUT2D eigenvalue weighted by atomic mass is 9.90. The van der Waals surface area contributed by atoms with E-state index in [-0.39, 0.29) is 0 Å². The van der Waals surface area contributed by atoms with Gasteiger partial charge in [-0.15, -0.1) is 0 Å². The molecule has 0 radical (unpaired) electrons. The molecule has 0 amide bonds. The molecule has 0 aromatic heterocycles. The van der Waals surface area contributed by atoms with Crippen molar-refractivity contribution in [2.45, 2.75) is 59.3 Å². The molecule has 1 rings (SSSR count). The van der Waals surface area contributed by atoms with E-state index in [1.807, 2.05) is 0 Å². The second kappa shape index (κ2) is 8.53. The molecule has 0 bridgehead atoms. The van der Waals surface area contributed by atoms with Crippen LogP contribution in [0, 0.1) is 18.3 Å². The van der Waals surface area contributed by atoms with Gasteiger partial charge >= 0.3 is 0 Å². The predicted octanol–water partition coefficient (Wildman–Crippen LogP) is 5.65. The van der Waals surface area contributed by atoms with E-state index < -0.39 is 0 Å². The molecule has 0 unspecified atom stereocenters. The van der Waals surface area contributed by atoms with Crippen molar-refractivity contribution in [1.82, 2.24) is 0 Å². The van der Waals surface area contributed by atoms with Crippen molar-refractivity contribution in [3.63, 3.8) is 0 Å². The van der Waals surface area contributed by atoms with Crippen LogP contribution in [0.1, 0.15) is 63.5 Å². The predicted molar refractivity (Wildman–Crippen MR) is 82.8 cm³/mol. The van der Waals surface area contributed by atoms with Crippen molar-refractivity contribution in [2.75, 3.05) is 0 Å². The fraction of sp³-hybridized carbons (Fsp3) is 0.500. The lowest BCUT2D eigenvalue weighted by Gasteiger charge is -2.13. The maximum absolute atomic E-state index is 9.47. The summed E-state index contributed by atoms with van der Waals surface area (Å²) in [5.41, 5.74) is 4.81. The van der Waals surface area contributed by atoms with E-state index in [0.29, 0.717) is 0 Å². The first-order valence-corrected chi connectivity index (χ1v) is 7.42. The lowest BCUT2D eigenvalue weighted by molar-refractivity contribution is 0.786. The van der Waals surface area contributed by atoms with Crippen LogP contribution in [-0.2, 0) is 0 Å². The number of rotatable bonds is 7. The third-order valence-electron chi connectivity index (χ3n) is 3.53. The number of aryl methyl sites for hydroxylation is 1. The maximum atomic E-state index is 9.47. The van der Waals surface area contributed by atoms with Crippen LogP contribution in [0.15, 0.2) is 29.8 Å². The minimum Gasteiger partial charge on any atom is -0.193 e. The van der Waals surface area contributed by atoms with Gasteiger partial charge in [-0.2, -0.15) is 5.26 Å². The monoisotopic (exact) mass is 255 g/mol. The van der Waals surface area contributed by atoms with Crippen LogP contribution in [-0.4, -0.2) is 0 Å². The molecule has 1 nitrogen and oxygen atoms in total. The highest BCUT2D eigenvalue weighted by atomic mass is 14.3. The van der Waals surface area contributed by atoms with Gasteiger partial charge in [0.05, 0.1) is 6.07 Å². The Labute approximate surface area is 118 Å². The maximum Gasteiger partial charge on any atom is 0.0950 e. The fourth-order valence-corrected chi connectivity index (χ4v) is 2.34. The van der Waals surface area contributed by atoms with Gasteiger partial charge in [0.25, 0.3) is 0 Å². The lowest BCUT2D eigenvalue weighted by Crippen LogP contribution is -1.95. The number of hydrogen-bond donors (Lipinski definition) is 0. The average Bonchev–Trinajstić information content (AvgIpc) is 2.43. The van der Waals surface area contributed by atoms with Crippen molar-refractivity contribution in [3.05, 3.63) is 41.0 Å². The Balaban J connectivity index is 3.16. The molecule has 0 spiro atoms. The summed E-state index contributed by atoms with van der Waals surface area (Å²) in [5.74, 6) is 0. The molecule has 0 aliphatic rings. The molecule has 0 saturated carbocycles. The SMILES string of the molecule is CCCC/C(C#N)=C(\CCCC)c1ccccc1C. The first kappa shape index (κ1) is 15.5. The van der Waals surface area contributed by atoms with Crippen molar-refractivity contribution >= 4 is 5.57 Å². The summed E-state index contributed by atoms with van der Waals surface area (Å²) >= 11 is 0. The Morgan fingerprint density at radius 1 is 1.05 bits per heavy atom. The zero-order valence-corrected chi connectivity index (χ0v) is 12.5. The molecule has 0 aliphatic heterocycles. The summed E-state index contributed by atoms with van der Waals surface area (Å²) in [5, 5.41) is 9.47. The van der Waals surface area contributed by atoms with Crippen molar-refractivity contribution in [1.29, 1.82) is 5.26 Å². The molecule has 0 saturated heterocycles. The van der Waals surface area contributed by atoms with E-state index in [4.69, 9.17) is 0 Å². The summed E-state index contributed by atoms with van der Waals surface area (Å²) in [6.45, 7) is 6.51. The normalized spacial score (nSPS) is 11.9. The second-order valence-electron chi connectivity index (χ2n) is 5.09. The summed E-state index contributed by atoms with van der Waals surface area (Å²) in [4.78, 5) is 0. The molecule has 0 heterocycles. The molecule has 1 aromatic rings. The van der Waals surface area contributed by atoms with Gasteiger partial charge in [-0.1, -0.05) is 51.0 Å². The minimum absolute atomic E-state index is 0.917. The highest BCUT2D eigenvalue weighted by Crippen LogP contribution is 2.29. The van der Waals surface area contributed by atoms with E-state index in [0.717, 1.165) is 37.7 Å². The van der Waals surface area contributed by atoms with Crippen LogP contribution in [0.4, 0.5) is 0 Å². The van der Waals surface area contributed by atoms with E-state index in [1.165, 1.54) is 23.1 Å².